The van der Waals surface area contributed by atoms with Gasteiger partial charge in [-0.2, -0.15) is 0 Å². The number of thiocarbonyl (C=S) groups is 1. The van der Waals surface area contributed by atoms with E-state index in [-0.39, 0.29) is 5.91 Å². The zero-order chi connectivity index (χ0) is 11.3. The van der Waals surface area contributed by atoms with Crippen molar-refractivity contribution in [1.29, 1.82) is 0 Å². The second-order valence-corrected chi connectivity index (χ2v) is 4.48. The van der Waals surface area contributed by atoms with Gasteiger partial charge in [0.2, 0.25) is 5.91 Å². The predicted molar refractivity (Wildman–Crippen MR) is 64.7 cm³/mol. The van der Waals surface area contributed by atoms with Crippen molar-refractivity contribution < 1.29 is 4.79 Å². The summed E-state index contributed by atoms with van der Waals surface area (Å²) in [5.41, 5.74) is 0. The van der Waals surface area contributed by atoms with Gasteiger partial charge in [-0.1, -0.05) is 0 Å². The Morgan fingerprint density at radius 3 is 2.53 bits per heavy atom. The fourth-order valence-electron chi connectivity index (χ4n) is 1.55. The zero-order valence-corrected chi connectivity index (χ0v) is 10.2. The van der Waals surface area contributed by atoms with Crippen LogP contribution in [0.1, 0.15) is 26.7 Å². The number of carbonyl (C=O) groups is 1. The van der Waals surface area contributed by atoms with E-state index in [9.17, 15) is 4.79 Å². The summed E-state index contributed by atoms with van der Waals surface area (Å²) < 4.78 is 0. The van der Waals surface area contributed by atoms with Crippen molar-refractivity contribution in [1.82, 2.24) is 15.5 Å². The lowest BCUT2D eigenvalue weighted by Gasteiger charge is -2.17. The molecular formula is C10H19N3OS. The fraction of sp³-hybridized carbons (Fsp3) is 0.800. The van der Waals surface area contributed by atoms with Gasteiger partial charge in [-0.15, -0.1) is 0 Å². The van der Waals surface area contributed by atoms with Crippen molar-refractivity contribution in [2.45, 2.75) is 32.7 Å². The number of carbonyl (C=O) groups excluding carboxylic acids is 1. The monoisotopic (exact) mass is 229 g/mol. The Balaban J connectivity index is 2.18. The first-order valence-corrected chi connectivity index (χ1v) is 5.82. The first-order valence-electron chi connectivity index (χ1n) is 5.41. The maximum absolute atomic E-state index is 11.6. The number of rotatable bonds is 3. The molecule has 0 aliphatic carbocycles. The van der Waals surface area contributed by atoms with Crippen LogP contribution in [0, 0.1) is 0 Å². The van der Waals surface area contributed by atoms with Crippen LogP contribution in [-0.4, -0.2) is 41.6 Å². The van der Waals surface area contributed by atoms with Gasteiger partial charge in [0.1, 0.15) is 0 Å². The third-order valence-electron chi connectivity index (χ3n) is 2.28. The number of nitrogens with one attached hydrogen (secondary N) is 2. The lowest BCUT2D eigenvalue weighted by atomic mass is 10.4. The highest BCUT2D eigenvalue weighted by atomic mass is 32.1. The Hall–Kier alpha value is -0.840. The van der Waals surface area contributed by atoms with Crippen molar-refractivity contribution in [2.24, 2.45) is 0 Å². The van der Waals surface area contributed by atoms with Gasteiger partial charge in [-0.25, -0.2) is 0 Å². The van der Waals surface area contributed by atoms with Crippen LogP contribution in [-0.2, 0) is 4.79 Å². The van der Waals surface area contributed by atoms with E-state index in [2.05, 4.69) is 10.6 Å². The number of amides is 1. The van der Waals surface area contributed by atoms with Crippen LogP contribution in [0.2, 0.25) is 0 Å². The van der Waals surface area contributed by atoms with Crippen molar-refractivity contribution in [3.05, 3.63) is 0 Å². The van der Waals surface area contributed by atoms with Crippen LogP contribution in [0.4, 0.5) is 0 Å². The first kappa shape index (κ1) is 12.2. The summed E-state index contributed by atoms with van der Waals surface area (Å²) in [6, 6.07) is 0.298. The lowest BCUT2D eigenvalue weighted by Crippen LogP contribution is -2.44. The van der Waals surface area contributed by atoms with Crippen molar-refractivity contribution in [3.8, 4) is 0 Å². The van der Waals surface area contributed by atoms with Gasteiger partial charge in [-0.3, -0.25) is 4.79 Å². The minimum atomic E-state index is 0.139. The molecular weight excluding hydrogens is 210 g/mol. The molecule has 0 unspecified atom stereocenters. The lowest BCUT2D eigenvalue weighted by molar-refractivity contribution is -0.128. The Kier molecular flexibility index (Phi) is 4.81. The summed E-state index contributed by atoms with van der Waals surface area (Å²) in [6.07, 6.45) is 2.25. The summed E-state index contributed by atoms with van der Waals surface area (Å²) in [4.78, 5) is 13.5. The second-order valence-electron chi connectivity index (χ2n) is 4.07. The van der Waals surface area contributed by atoms with E-state index in [1.165, 1.54) is 0 Å². The van der Waals surface area contributed by atoms with Gasteiger partial charge in [0.15, 0.2) is 5.11 Å². The normalized spacial score (nSPS) is 15.5. The molecule has 15 heavy (non-hydrogen) atoms. The van der Waals surface area contributed by atoms with Crippen LogP contribution in [0.3, 0.4) is 0 Å². The molecule has 1 heterocycles. The molecule has 2 N–H and O–H groups in total. The van der Waals surface area contributed by atoms with Gasteiger partial charge in [0, 0.05) is 19.1 Å². The summed E-state index contributed by atoms with van der Waals surface area (Å²) in [5.74, 6) is 0.139. The Labute approximate surface area is 96.4 Å². The Morgan fingerprint density at radius 2 is 2.00 bits per heavy atom. The van der Waals surface area contributed by atoms with Crippen LogP contribution >= 0.6 is 12.2 Å². The molecule has 0 spiro atoms. The Bertz CT molecular complexity index is 237. The molecule has 0 bridgehead atoms. The molecule has 0 aromatic heterocycles. The van der Waals surface area contributed by atoms with Gasteiger partial charge in [-0.05, 0) is 38.9 Å². The van der Waals surface area contributed by atoms with Gasteiger partial charge < -0.3 is 15.5 Å². The standard InChI is InChI=1S/C10H19N3OS/c1-8(2)12-10(15)11-7-9(14)13-5-3-4-6-13/h8H,3-7H2,1-2H3,(H2,11,12,15). The smallest absolute Gasteiger partial charge is 0.241 e. The molecule has 1 amide bonds. The third-order valence-corrected chi connectivity index (χ3v) is 2.54. The molecule has 5 heteroatoms. The molecule has 1 fully saturated rings. The van der Waals surface area contributed by atoms with Gasteiger partial charge in [0.05, 0.1) is 6.54 Å². The van der Waals surface area contributed by atoms with E-state index in [1.807, 2.05) is 18.7 Å². The van der Waals surface area contributed by atoms with Crippen molar-refractivity contribution in [3.63, 3.8) is 0 Å². The molecule has 0 aromatic carbocycles. The maximum Gasteiger partial charge on any atom is 0.241 e. The van der Waals surface area contributed by atoms with E-state index >= 15 is 0 Å². The third kappa shape index (κ3) is 4.46. The van der Waals surface area contributed by atoms with Crippen LogP contribution in [0.25, 0.3) is 0 Å². The molecule has 86 valence electrons. The molecule has 0 radical (unpaired) electrons. The molecule has 1 aliphatic rings. The van der Waals surface area contributed by atoms with Crippen LogP contribution in [0.5, 0.6) is 0 Å². The maximum atomic E-state index is 11.6. The van der Waals surface area contributed by atoms with Gasteiger partial charge >= 0.3 is 0 Å². The average Bonchev–Trinajstić information content (AvgIpc) is 2.65. The highest BCUT2D eigenvalue weighted by molar-refractivity contribution is 7.80. The van der Waals surface area contributed by atoms with E-state index in [1.54, 1.807) is 0 Å². The van der Waals surface area contributed by atoms with Crippen molar-refractivity contribution >= 4 is 23.2 Å². The topological polar surface area (TPSA) is 44.4 Å². The summed E-state index contributed by atoms with van der Waals surface area (Å²) >= 11 is 5.03. The predicted octanol–water partition coefficient (Wildman–Crippen LogP) is 0.481. The molecule has 0 aromatic rings. The number of likely N-dealkylation sites (tertiary alicyclic amines) is 1. The molecule has 1 rings (SSSR count). The molecule has 4 nitrogen and oxygen atoms in total. The minimum Gasteiger partial charge on any atom is -0.361 e. The second kappa shape index (κ2) is 5.90. The summed E-state index contributed by atoms with van der Waals surface area (Å²) in [5, 5.41) is 6.51. The summed E-state index contributed by atoms with van der Waals surface area (Å²) in [7, 11) is 0. The van der Waals surface area contributed by atoms with Crippen LogP contribution < -0.4 is 10.6 Å². The van der Waals surface area contributed by atoms with E-state index in [0.717, 1.165) is 25.9 Å². The molecule has 0 atom stereocenters. The van der Waals surface area contributed by atoms with Crippen molar-refractivity contribution in [2.75, 3.05) is 19.6 Å². The minimum absolute atomic E-state index is 0.139. The van der Waals surface area contributed by atoms with E-state index < -0.39 is 0 Å². The van der Waals surface area contributed by atoms with E-state index in [0.29, 0.717) is 17.7 Å². The quantitative estimate of drug-likeness (QED) is 0.691. The molecule has 1 aliphatic heterocycles. The number of hydrogen-bond acceptors (Lipinski definition) is 2. The van der Waals surface area contributed by atoms with E-state index in [4.69, 9.17) is 12.2 Å². The fourth-order valence-corrected chi connectivity index (χ4v) is 1.86. The first-order chi connectivity index (χ1) is 7.09. The van der Waals surface area contributed by atoms with Gasteiger partial charge in [0.25, 0.3) is 0 Å². The largest absolute Gasteiger partial charge is 0.361 e. The molecule has 0 saturated carbocycles. The SMILES string of the molecule is CC(C)NC(=S)NCC(=O)N1CCCC1. The van der Waals surface area contributed by atoms with Crippen LogP contribution in [0.15, 0.2) is 0 Å². The number of nitrogens with zero attached hydrogens (tertiary/aromatic N) is 1. The highest BCUT2D eigenvalue weighted by Gasteiger charge is 2.17. The zero-order valence-electron chi connectivity index (χ0n) is 9.38. The average molecular weight is 229 g/mol. The highest BCUT2D eigenvalue weighted by Crippen LogP contribution is 2.06. The summed E-state index contributed by atoms with van der Waals surface area (Å²) in [6.45, 7) is 6.11. The Morgan fingerprint density at radius 1 is 1.40 bits per heavy atom. The number of hydrogen-bond donors (Lipinski definition) is 2. The molecule has 1 saturated heterocycles.